The van der Waals surface area contributed by atoms with Crippen LogP contribution in [0.2, 0.25) is 0 Å². The average Bonchev–Trinajstić information content (AvgIpc) is 3.20. The molecular formula is C28H40N6O2. The normalized spacial score (nSPS) is 18.1. The first-order chi connectivity index (χ1) is 17.1. The van der Waals surface area contributed by atoms with E-state index in [2.05, 4.69) is 46.2 Å². The summed E-state index contributed by atoms with van der Waals surface area (Å²) in [5.74, 6) is -0.177. The highest BCUT2D eigenvalue weighted by molar-refractivity contribution is 6.05. The lowest BCUT2D eigenvalue weighted by molar-refractivity contribution is 0.0950. The number of H-pyrrole nitrogens is 1. The van der Waals surface area contributed by atoms with Gasteiger partial charge in [0.2, 0.25) is 0 Å². The smallest absolute Gasteiger partial charge is 0.253 e. The molecule has 0 bridgehead atoms. The molecule has 8 heteroatoms. The zero-order valence-electron chi connectivity index (χ0n) is 22.7. The van der Waals surface area contributed by atoms with Crippen LogP contribution in [0.15, 0.2) is 23.1 Å². The lowest BCUT2D eigenvalue weighted by atomic mass is 9.88. The molecule has 0 atom stereocenters. The second-order valence-electron chi connectivity index (χ2n) is 10.4. The first kappa shape index (κ1) is 25.9. The molecule has 0 spiro atoms. The number of nitrogens with zero attached hydrogens (tertiary/aromatic N) is 4. The minimum Gasteiger partial charge on any atom is -0.368 e. The minimum atomic E-state index is -0.177. The molecule has 3 aromatic rings. The van der Waals surface area contributed by atoms with Crippen LogP contribution in [0.1, 0.15) is 65.3 Å². The van der Waals surface area contributed by atoms with Crippen molar-refractivity contribution in [2.45, 2.75) is 72.0 Å². The summed E-state index contributed by atoms with van der Waals surface area (Å²) in [5.41, 5.74) is 5.74. The van der Waals surface area contributed by atoms with Crippen molar-refractivity contribution in [3.63, 3.8) is 0 Å². The third-order valence-corrected chi connectivity index (χ3v) is 7.91. The number of hydrogen-bond donors (Lipinski definition) is 2. The summed E-state index contributed by atoms with van der Waals surface area (Å²) in [6.45, 7) is 9.04. The summed E-state index contributed by atoms with van der Waals surface area (Å²) in [4.78, 5) is 33.6. The number of rotatable bonds is 7. The Bertz CT molecular complexity index is 1310. The van der Waals surface area contributed by atoms with Crippen LogP contribution >= 0.6 is 0 Å². The Labute approximate surface area is 213 Å². The van der Waals surface area contributed by atoms with Crippen molar-refractivity contribution in [2.75, 3.05) is 25.5 Å². The lowest BCUT2D eigenvalue weighted by Gasteiger charge is -2.40. The Morgan fingerprint density at radius 3 is 2.42 bits per heavy atom. The molecule has 4 rings (SSSR count). The van der Waals surface area contributed by atoms with Crippen LogP contribution in [0, 0.1) is 20.8 Å². The van der Waals surface area contributed by atoms with E-state index in [0.29, 0.717) is 23.2 Å². The molecule has 1 saturated carbocycles. The van der Waals surface area contributed by atoms with Gasteiger partial charge in [0, 0.05) is 54.4 Å². The third-order valence-electron chi connectivity index (χ3n) is 7.91. The predicted octanol–water partition coefficient (Wildman–Crippen LogP) is 3.82. The van der Waals surface area contributed by atoms with E-state index in [0.717, 1.165) is 52.8 Å². The number of carbonyl (C=O) groups excluding carboxylic acids is 1. The zero-order chi connectivity index (χ0) is 26.1. The summed E-state index contributed by atoms with van der Waals surface area (Å²) >= 11 is 0. The number of aromatic nitrogens is 3. The SMILES string of the molecule is CCN(c1c(C)c(C(=O)NCc2c(C)cc(C)[nH]c2=O)cc2c1cnn2C)C1CCC(N(C)C)CC1. The number of hydrogen-bond acceptors (Lipinski definition) is 5. The summed E-state index contributed by atoms with van der Waals surface area (Å²) in [5, 5.41) is 8.61. The van der Waals surface area contributed by atoms with Gasteiger partial charge in [-0.2, -0.15) is 5.10 Å². The number of aryl methyl sites for hydroxylation is 3. The molecule has 8 nitrogen and oxygen atoms in total. The molecule has 0 aliphatic heterocycles. The van der Waals surface area contributed by atoms with Gasteiger partial charge in [0.05, 0.1) is 17.4 Å². The van der Waals surface area contributed by atoms with E-state index in [-0.39, 0.29) is 18.0 Å². The summed E-state index contributed by atoms with van der Waals surface area (Å²) in [7, 11) is 6.25. The molecule has 0 radical (unpaired) electrons. The molecule has 1 amide bonds. The number of fused-ring (bicyclic) bond motifs is 1. The quantitative estimate of drug-likeness (QED) is 0.524. The number of aromatic amines is 1. The lowest BCUT2D eigenvalue weighted by Crippen LogP contribution is -2.42. The Morgan fingerprint density at radius 2 is 1.81 bits per heavy atom. The first-order valence-electron chi connectivity index (χ1n) is 13.0. The summed E-state index contributed by atoms with van der Waals surface area (Å²) < 4.78 is 1.83. The van der Waals surface area contributed by atoms with Gasteiger partial charge in [-0.05, 0) is 90.7 Å². The molecule has 1 aliphatic carbocycles. The summed E-state index contributed by atoms with van der Waals surface area (Å²) in [6, 6.07) is 4.92. The van der Waals surface area contributed by atoms with Crippen LogP contribution in [0.5, 0.6) is 0 Å². The van der Waals surface area contributed by atoms with E-state index in [4.69, 9.17) is 0 Å². The molecule has 2 aromatic heterocycles. The molecule has 2 N–H and O–H groups in total. The summed E-state index contributed by atoms with van der Waals surface area (Å²) in [6.07, 6.45) is 6.53. The number of benzene rings is 1. The molecule has 0 saturated heterocycles. The van der Waals surface area contributed by atoms with Gasteiger partial charge in [-0.3, -0.25) is 14.3 Å². The van der Waals surface area contributed by atoms with E-state index in [1.165, 1.54) is 12.8 Å². The van der Waals surface area contributed by atoms with Crippen LogP contribution in [0.4, 0.5) is 5.69 Å². The number of pyridine rings is 1. The number of anilines is 1. The Hall–Kier alpha value is -3.13. The number of nitrogens with one attached hydrogen (secondary N) is 2. The van der Waals surface area contributed by atoms with Gasteiger partial charge < -0.3 is 20.1 Å². The second-order valence-corrected chi connectivity index (χ2v) is 10.4. The van der Waals surface area contributed by atoms with E-state index >= 15 is 0 Å². The van der Waals surface area contributed by atoms with E-state index in [1.807, 2.05) is 50.8 Å². The van der Waals surface area contributed by atoms with Gasteiger partial charge in [0.25, 0.3) is 11.5 Å². The van der Waals surface area contributed by atoms with Gasteiger partial charge in [0.1, 0.15) is 0 Å². The Morgan fingerprint density at radius 1 is 1.14 bits per heavy atom. The average molecular weight is 493 g/mol. The van der Waals surface area contributed by atoms with E-state index in [1.54, 1.807) is 0 Å². The minimum absolute atomic E-state index is 0.155. The van der Waals surface area contributed by atoms with Crippen molar-refractivity contribution in [2.24, 2.45) is 7.05 Å². The fourth-order valence-electron chi connectivity index (χ4n) is 5.83. The van der Waals surface area contributed by atoms with Crippen LogP contribution in [0.3, 0.4) is 0 Å². The van der Waals surface area contributed by atoms with Crippen molar-refractivity contribution < 1.29 is 4.79 Å². The van der Waals surface area contributed by atoms with Crippen LogP contribution < -0.4 is 15.8 Å². The van der Waals surface area contributed by atoms with Crippen molar-refractivity contribution in [3.05, 3.63) is 56.6 Å². The molecular weight excluding hydrogens is 452 g/mol. The molecule has 1 fully saturated rings. The molecule has 2 heterocycles. The van der Waals surface area contributed by atoms with Crippen LogP contribution in [-0.4, -0.2) is 58.3 Å². The molecule has 36 heavy (non-hydrogen) atoms. The van der Waals surface area contributed by atoms with E-state index < -0.39 is 0 Å². The monoisotopic (exact) mass is 492 g/mol. The maximum atomic E-state index is 13.5. The van der Waals surface area contributed by atoms with Crippen LogP contribution in [-0.2, 0) is 13.6 Å². The van der Waals surface area contributed by atoms with Gasteiger partial charge in [-0.1, -0.05) is 0 Å². The maximum absolute atomic E-state index is 13.5. The number of carbonyl (C=O) groups is 1. The predicted molar refractivity (Wildman–Crippen MR) is 146 cm³/mol. The fraction of sp³-hybridized carbons (Fsp3) is 0.536. The van der Waals surface area contributed by atoms with Gasteiger partial charge in [-0.25, -0.2) is 0 Å². The second kappa shape index (κ2) is 10.5. The highest BCUT2D eigenvalue weighted by atomic mass is 16.1. The van der Waals surface area contributed by atoms with Crippen molar-refractivity contribution in [3.8, 4) is 0 Å². The third kappa shape index (κ3) is 4.91. The van der Waals surface area contributed by atoms with Crippen molar-refractivity contribution in [1.29, 1.82) is 0 Å². The highest BCUT2D eigenvalue weighted by Crippen LogP contribution is 2.37. The standard InChI is InChI=1S/C28H40N6O2/c1-8-34(21-11-9-20(10-12-21)32(5)6)26-19(4)22(14-25-24(26)16-30-33(25)7)27(35)29-15-23-17(2)13-18(3)31-28(23)36/h13-14,16,20-21H,8-12,15H2,1-7H3,(H,29,35)(H,31,36). The van der Waals surface area contributed by atoms with Gasteiger partial charge >= 0.3 is 0 Å². The van der Waals surface area contributed by atoms with E-state index in [9.17, 15) is 9.59 Å². The Balaban J connectivity index is 1.68. The zero-order valence-corrected chi connectivity index (χ0v) is 22.7. The molecule has 194 valence electrons. The maximum Gasteiger partial charge on any atom is 0.253 e. The molecule has 1 aromatic carbocycles. The van der Waals surface area contributed by atoms with Crippen molar-refractivity contribution >= 4 is 22.5 Å². The van der Waals surface area contributed by atoms with Crippen molar-refractivity contribution in [1.82, 2.24) is 25.0 Å². The number of amides is 1. The van der Waals surface area contributed by atoms with Gasteiger partial charge in [-0.15, -0.1) is 0 Å². The Kier molecular flexibility index (Phi) is 7.54. The van der Waals surface area contributed by atoms with Crippen LogP contribution in [0.25, 0.3) is 10.9 Å². The first-order valence-corrected chi connectivity index (χ1v) is 13.0. The fourth-order valence-corrected chi connectivity index (χ4v) is 5.83. The topological polar surface area (TPSA) is 86.3 Å². The molecule has 0 unspecified atom stereocenters. The van der Waals surface area contributed by atoms with Gasteiger partial charge in [0.15, 0.2) is 0 Å². The largest absolute Gasteiger partial charge is 0.368 e. The highest BCUT2D eigenvalue weighted by Gasteiger charge is 2.29. The molecule has 1 aliphatic rings.